The van der Waals surface area contributed by atoms with Gasteiger partial charge in [-0.05, 0) is 41.9 Å². The van der Waals surface area contributed by atoms with E-state index in [1.165, 1.54) is 18.6 Å². The molecule has 0 spiro atoms. The topological polar surface area (TPSA) is 0 Å². The van der Waals surface area contributed by atoms with Gasteiger partial charge in [0.2, 0.25) is 0 Å². The third kappa shape index (κ3) is 2.52. The summed E-state index contributed by atoms with van der Waals surface area (Å²) in [5, 5.41) is 0.186. The van der Waals surface area contributed by atoms with Crippen LogP contribution in [0.25, 0.3) is 0 Å². The van der Waals surface area contributed by atoms with Crippen molar-refractivity contribution in [3.05, 3.63) is 35.6 Å². The van der Waals surface area contributed by atoms with E-state index in [9.17, 15) is 4.39 Å². The van der Waals surface area contributed by atoms with Gasteiger partial charge in [-0.3, -0.25) is 0 Å². The lowest BCUT2D eigenvalue weighted by Crippen LogP contribution is -2.09. The molecule has 0 nitrogen and oxygen atoms in total. The van der Waals surface area contributed by atoms with Gasteiger partial charge in [0.25, 0.3) is 0 Å². The fraction of sp³-hybridized carbons (Fsp3) is 0.538. The Balaban J connectivity index is 1.95. The third-order valence-corrected chi connectivity index (χ3v) is 3.83. The van der Waals surface area contributed by atoms with Crippen LogP contribution in [-0.4, -0.2) is 5.38 Å². The summed E-state index contributed by atoms with van der Waals surface area (Å²) >= 11 is 6.34. The lowest BCUT2D eigenvalue weighted by atomic mass is 10.0. The molecule has 1 aromatic carbocycles. The first-order valence-electron chi connectivity index (χ1n) is 5.37. The van der Waals surface area contributed by atoms with Crippen LogP contribution in [0.3, 0.4) is 0 Å². The van der Waals surface area contributed by atoms with Crippen molar-refractivity contribution in [1.29, 1.82) is 0 Å². The van der Waals surface area contributed by atoms with Crippen LogP contribution in [0.5, 0.6) is 0 Å². The van der Waals surface area contributed by atoms with Crippen molar-refractivity contribution >= 4 is 11.6 Å². The second kappa shape index (κ2) is 3.79. The predicted octanol–water partition coefficient (Wildman–Crippen LogP) is 4.02. The van der Waals surface area contributed by atoms with Crippen LogP contribution in [0.2, 0.25) is 0 Å². The highest BCUT2D eigenvalue weighted by Crippen LogP contribution is 2.55. The number of alkyl halides is 1. The molecule has 1 aromatic rings. The van der Waals surface area contributed by atoms with E-state index in [-0.39, 0.29) is 11.2 Å². The minimum absolute atomic E-state index is 0.184. The van der Waals surface area contributed by atoms with Crippen molar-refractivity contribution in [3.63, 3.8) is 0 Å². The highest BCUT2D eigenvalue weighted by Gasteiger charge is 2.49. The van der Waals surface area contributed by atoms with Crippen LogP contribution < -0.4 is 0 Å². The summed E-state index contributed by atoms with van der Waals surface area (Å²) in [6, 6.07) is 6.63. The molecule has 0 heterocycles. The first kappa shape index (κ1) is 10.9. The highest BCUT2D eigenvalue weighted by atomic mass is 35.5. The van der Waals surface area contributed by atoms with Crippen LogP contribution in [0.15, 0.2) is 24.3 Å². The molecule has 0 N–H and O–H groups in total. The first-order chi connectivity index (χ1) is 6.99. The monoisotopic (exact) mass is 226 g/mol. The summed E-state index contributed by atoms with van der Waals surface area (Å²) < 4.78 is 12.7. The molecule has 0 amide bonds. The van der Waals surface area contributed by atoms with E-state index in [2.05, 4.69) is 13.8 Å². The Bertz CT molecular complexity index is 342. The summed E-state index contributed by atoms with van der Waals surface area (Å²) in [5.41, 5.74) is 1.53. The molecule has 1 aliphatic rings. The molecular weight excluding hydrogens is 211 g/mol. The Hall–Kier alpha value is -0.560. The third-order valence-electron chi connectivity index (χ3n) is 3.37. The molecule has 0 aliphatic heterocycles. The largest absolute Gasteiger partial charge is 0.207 e. The smallest absolute Gasteiger partial charge is 0.123 e. The Labute approximate surface area is 95.4 Å². The molecule has 15 heavy (non-hydrogen) atoms. The van der Waals surface area contributed by atoms with Crippen LogP contribution >= 0.6 is 11.6 Å². The van der Waals surface area contributed by atoms with Gasteiger partial charge in [-0.15, -0.1) is 11.6 Å². The van der Waals surface area contributed by atoms with Gasteiger partial charge >= 0.3 is 0 Å². The Morgan fingerprint density at radius 3 is 2.40 bits per heavy atom. The van der Waals surface area contributed by atoms with Crippen LogP contribution in [0.4, 0.5) is 4.39 Å². The molecule has 82 valence electrons. The van der Waals surface area contributed by atoms with E-state index >= 15 is 0 Å². The van der Waals surface area contributed by atoms with Gasteiger partial charge in [0.1, 0.15) is 5.82 Å². The number of hydrogen-bond donors (Lipinski definition) is 0. The quantitative estimate of drug-likeness (QED) is 0.683. The lowest BCUT2D eigenvalue weighted by Gasteiger charge is -2.11. The summed E-state index contributed by atoms with van der Waals surface area (Å²) in [7, 11) is 0. The Morgan fingerprint density at radius 1 is 1.40 bits per heavy atom. The summed E-state index contributed by atoms with van der Waals surface area (Å²) in [6.07, 6.45) is 2.05. The zero-order chi connectivity index (χ0) is 11.1. The SMILES string of the molecule is CC1(C)CC1C(Cl)Cc1ccc(F)cc1. The van der Waals surface area contributed by atoms with Gasteiger partial charge in [-0.2, -0.15) is 0 Å². The van der Waals surface area contributed by atoms with Gasteiger partial charge in [-0.25, -0.2) is 4.39 Å². The molecule has 2 rings (SSSR count). The van der Waals surface area contributed by atoms with Gasteiger partial charge in [-0.1, -0.05) is 26.0 Å². The van der Waals surface area contributed by atoms with Crippen LogP contribution in [-0.2, 0) is 6.42 Å². The van der Waals surface area contributed by atoms with Gasteiger partial charge in [0.15, 0.2) is 0 Å². The average molecular weight is 227 g/mol. The molecule has 0 saturated heterocycles. The van der Waals surface area contributed by atoms with E-state index in [4.69, 9.17) is 11.6 Å². The van der Waals surface area contributed by atoms with E-state index in [0.717, 1.165) is 12.0 Å². The number of hydrogen-bond acceptors (Lipinski definition) is 0. The Morgan fingerprint density at radius 2 is 1.93 bits per heavy atom. The standard InChI is InChI=1S/C13H16ClF/c1-13(2)8-11(13)12(14)7-9-3-5-10(15)6-4-9/h3-6,11-12H,7-8H2,1-2H3. The highest BCUT2D eigenvalue weighted by molar-refractivity contribution is 6.21. The average Bonchev–Trinajstić information content (AvgIpc) is 2.79. The summed E-state index contributed by atoms with van der Waals surface area (Å²) in [4.78, 5) is 0. The Kier molecular flexibility index (Phi) is 2.76. The minimum Gasteiger partial charge on any atom is -0.207 e. The van der Waals surface area contributed by atoms with Crippen LogP contribution in [0, 0.1) is 17.2 Å². The van der Waals surface area contributed by atoms with Crippen LogP contribution in [0.1, 0.15) is 25.8 Å². The maximum absolute atomic E-state index is 12.7. The minimum atomic E-state index is -0.184. The van der Waals surface area contributed by atoms with Crippen molar-refractivity contribution < 1.29 is 4.39 Å². The van der Waals surface area contributed by atoms with Crippen molar-refractivity contribution in [2.45, 2.75) is 32.1 Å². The summed E-state index contributed by atoms with van der Waals surface area (Å²) in [6.45, 7) is 4.50. The number of benzene rings is 1. The fourth-order valence-corrected chi connectivity index (χ4v) is 2.72. The zero-order valence-corrected chi connectivity index (χ0v) is 9.89. The molecule has 2 unspecified atom stereocenters. The van der Waals surface area contributed by atoms with E-state index in [1.807, 2.05) is 12.1 Å². The number of halogens is 2. The predicted molar refractivity (Wildman–Crippen MR) is 61.6 cm³/mol. The van der Waals surface area contributed by atoms with Gasteiger partial charge < -0.3 is 0 Å². The molecule has 0 aromatic heterocycles. The second-order valence-electron chi connectivity index (χ2n) is 5.15. The molecule has 1 fully saturated rings. The van der Waals surface area contributed by atoms with E-state index in [0.29, 0.717) is 11.3 Å². The second-order valence-corrected chi connectivity index (χ2v) is 5.71. The fourth-order valence-electron chi connectivity index (χ4n) is 2.11. The zero-order valence-electron chi connectivity index (χ0n) is 9.13. The molecule has 0 radical (unpaired) electrons. The molecule has 0 bridgehead atoms. The van der Waals surface area contributed by atoms with E-state index in [1.54, 1.807) is 0 Å². The molecule has 1 aliphatic carbocycles. The molecular formula is C13H16ClF. The maximum atomic E-state index is 12.7. The lowest BCUT2D eigenvalue weighted by molar-refractivity contribution is 0.537. The van der Waals surface area contributed by atoms with E-state index < -0.39 is 0 Å². The molecule has 2 heteroatoms. The van der Waals surface area contributed by atoms with Crippen molar-refractivity contribution in [2.24, 2.45) is 11.3 Å². The van der Waals surface area contributed by atoms with Crippen molar-refractivity contribution in [1.82, 2.24) is 0 Å². The molecule has 2 atom stereocenters. The maximum Gasteiger partial charge on any atom is 0.123 e. The van der Waals surface area contributed by atoms with Crippen molar-refractivity contribution in [2.75, 3.05) is 0 Å². The van der Waals surface area contributed by atoms with Gasteiger partial charge in [0.05, 0.1) is 0 Å². The van der Waals surface area contributed by atoms with Gasteiger partial charge in [0, 0.05) is 5.38 Å². The summed E-state index contributed by atoms with van der Waals surface area (Å²) in [5.74, 6) is 0.431. The van der Waals surface area contributed by atoms with Crippen molar-refractivity contribution in [3.8, 4) is 0 Å². The normalized spacial score (nSPS) is 24.9. The molecule has 1 saturated carbocycles. The first-order valence-corrected chi connectivity index (χ1v) is 5.81. The number of rotatable bonds is 3.